The Kier molecular flexibility index (Phi) is 11.3. The molecule has 3 fully saturated rings. The molecule has 1 saturated heterocycles. The summed E-state index contributed by atoms with van der Waals surface area (Å²) in [5, 5.41) is 15.9. The van der Waals surface area contributed by atoms with Crippen LogP contribution in [0.15, 0.2) is 24.3 Å². The molecular weight excluding hydrogens is 622 g/mol. The van der Waals surface area contributed by atoms with Crippen molar-refractivity contribution in [1.29, 1.82) is 0 Å². The number of carboxylic acids is 1. The highest BCUT2D eigenvalue weighted by atomic mass is 19.1. The van der Waals surface area contributed by atoms with Crippen LogP contribution in [0.1, 0.15) is 95.5 Å². The molecule has 2 saturated carbocycles. The average molecular weight is 673 g/mol. The zero-order chi connectivity index (χ0) is 34.6. The highest BCUT2D eigenvalue weighted by Gasteiger charge is 2.47. The number of aromatic nitrogens is 1. The molecule has 1 aromatic heterocycles. The number of carbonyl (C=O) groups is 4. The largest absolute Gasteiger partial charge is 0.477 e. The molecule has 48 heavy (non-hydrogen) atoms. The molecule has 0 unspecified atom stereocenters. The van der Waals surface area contributed by atoms with Gasteiger partial charge in [-0.15, -0.1) is 0 Å². The first kappa shape index (κ1) is 35.6. The minimum Gasteiger partial charge on any atom is -0.477 e. The Morgan fingerprint density at radius 1 is 0.979 bits per heavy atom. The predicted octanol–water partition coefficient (Wildman–Crippen LogP) is 6.71. The maximum atomic E-state index is 14.1. The third-order valence-corrected chi connectivity index (χ3v) is 10.5. The van der Waals surface area contributed by atoms with Crippen LogP contribution < -0.4 is 10.6 Å². The molecule has 0 bridgehead atoms. The van der Waals surface area contributed by atoms with E-state index in [0.717, 1.165) is 32.1 Å². The number of aryl methyl sites for hydroxylation is 1. The van der Waals surface area contributed by atoms with E-state index in [9.17, 15) is 33.1 Å². The van der Waals surface area contributed by atoms with Gasteiger partial charge in [-0.2, -0.15) is 0 Å². The maximum Gasteiger partial charge on any atom is 0.407 e. The van der Waals surface area contributed by atoms with Gasteiger partial charge in [-0.25, -0.2) is 18.4 Å². The summed E-state index contributed by atoms with van der Waals surface area (Å²) in [5.74, 6) is -1.48. The summed E-state index contributed by atoms with van der Waals surface area (Å²) in [7, 11) is 0. The summed E-state index contributed by atoms with van der Waals surface area (Å²) in [6.45, 7) is 4.24. The molecule has 3 atom stereocenters. The number of carbonyl (C=O) groups excluding carboxylic acids is 3. The first-order chi connectivity index (χ1) is 22.9. The van der Waals surface area contributed by atoms with Crippen LogP contribution in [0.5, 0.6) is 0 Å². The smallest absolute Gasteiger partial charge is 0.407 e. The van der Waals surface area contributed by atoms with E-state index in [1.54, 1.807) is 43.9 Å². The molecule has 0 spiro atoms. The minimum absolute atomic E-state index is 0.0239. The van der Waals surface area contributed by atoms with Gasteiger partial charge in [0, 0.05) is 29.1 Å². The number of alkyl carbamates (subject to hydrolysis) is 1. The third kappa shape index (κ3) is 8.11. The lowest BCUT2D eigenvalue weighted by atomic mass is 9.76. The normalized spacial score (nSPS) is 24.3. The summed E-state index contributed by atoms with van der Waals surface area (Å²) in [6.07, 6.45) is 7.82. The number of amides is 3. The van der Waals surface area contributed by atoms with Gasteiger partial charge in [0.15, 0.2) is 0 Å². The van der Waals surface area contributed by atoms with Crippen LogP contribution in [-0.4, -0.2) is 76.0 Å². The summed E-state index contributed by atoms with van der Waals surface area (Å²) < 4.78 is 34.0. The second-order valence-electron chi connectivity index (χ2n) is 14.8. The Bertz CT molecular complexity index is 1470. The SMILES string of the molecule is CC(C)(C)OC(=O)N[C@H](CF)C1CCC(C(=O)N2CC[C@@H](C3CCCCC3)[C@H]2C(=O)Nc2ccc3c(c2)cc(C(=O)O)n3CCF)CC1. The first-order valence-corrected chi connectivity index (χ1v) is 17.5. The number of fused-ring (bicyclic) bond motifs is 1. The van der Waals surface area contributed by atoms with Crippen molar-refractivity contribution in [2.45, 2.75) is 109 Å². The van der Waals surface area contributed by atoms with E-state index in [0.29, 0.717) is 54.7 Å². The number of benzene rings is 1. The van der Waals surface area contributed by atoms with Gasteiger partial charge < -0.3 is 29.9 Å². The molecule has 1 aromatic carbocycles. The highest BCUT2D eigenvalue weighted by molar-refractivity contribution is 6.01. The molecule has 1 aliphatic heterocycles. The van der Waals surface area contributed by atoms with Crippen molar-refractivity contribution in [1.82, 2.24) is 14.8 Å². The van der Waals surface area contributed by atoms with Crippen molar-refractivity contribution >= 4 is 40.5 Å². The molecule has 3 N–H and O–H groups in total. The molecule has 2 aliphatic carbocycles. The van der Waals surface area contributed by atoms with Crippen LogP contribution in [0.3, 0.4) is 0 Å². The lowest BCUT2D eigenvalue weighted by Crippen LogP contribution is -2.50. The van der Waals surface area contributed by atoms with Crippen molar-refractivity contribution in [2.75, 3.05) is 25.2 Å². The monoisotopic (exact) mass is 672 g/mol. The summed E-state index contributed by atoms with van der Waals surface area (Å²) in [4.78, 5) is 54.1. The number of nitrogens with zero attached hydrogens (tertiary/aromatic N) is 2. The fourth-order valence-corrected chi connectivity index (χ4v) is 8.27. The van der Waals surface area contributed by atoms with Crippen LogP contribution in [-0.2, 0) is 20.9 Å². The molecule has 2 heterocycles. The first-order valence-electron chi connectivity index (χ1n) is 17.5. The Morgan fingerprint density at radius 3 is 2.31 bits per heavy atom. The average Bonchev–Trinajstić information content (AvgIpc) is 3.65. The van der Waals surface area contributed by atoms with Gasteiger partial charge in [0.05, 0.1) is 12.6 Å². The van der Waals surface area contributed by atoms with Crippen LogP contribution in [0, 0.1) is 23.7 Å². The zero-order valence-corrected chi connectivity index (χ0v) is 28.3. The molecule has 3 amide bonds. The molecule has 2 aromatic rings. The lowest BCUT2D eigenvalue weighted by molar-refractivity contribution is -0.142. The molecule has 264 valence electrons. The van der Waals surface area contributed by atoms with Crippen molar-refractivity contribution in [3.05, 3.63) is 30.0 Å². The van der Waals surface area contributed by atoms with Gasteiger partial charge in [-0.3, -0.25) is 9.59 Å². The molecule has 12 heteroatoms. The topological polar surface area (TPSA) is 130 Å². The van der Waals surface area contributed by atoms with Crippen molar-refractivity contribution < 1.29 is 37.8 Å². The van der Waals surface area contributed by atoms with Gasteiger partial charge >= 0.3 is 12.1 Å². The van der Waals surface area contributed by atoms with E-state index in [4.69, 9.17) is 4.74 Å². The molecule has 5 rings (SSSR count). The number of carboxylic acid groups (broad SMARTS) is 1. The van der Waals surface area contributed by atoms with Crippen LogP contribution in [0.2, 0.25) is 0 Å². The number of ether oxygens (including phenoxy) is 1. The minimum atomic E-state index is -1.16. The van der Waals surface area contributed by atoms with Gasteiger partial charge in [0.2, 0.25) is 11.8 Å². The second kappa shape index (κ2) is 15.2. The number of halogens is 2. The number of anilines is 1. The Hall–Kier alpha value is -3.70. The number of hydrogen-bond donors (Lipinski definition) is 3. The van der Waals surface area contributed by atoms with Crippen molar-refractivity contribution in [3.63, 3.8) is 0 Å². The standard InChI is InChI=1S/C36H50F2N4O6/c1-36(2,3)48-35(47)40-28(21-38)23-9-11-24(12-10-23)33(44)42-17-15-27(22-7-5-4-6-8-22)31(42)32(43)39-26-13-14-29-25(19-26)20-30(34(45)46)41(29)18-16-37/h13-14,19-20,22-24,27-28,31H,4-12,15-18,21H2,1-3H3,(H,39,43)(H,40,47)(H,45,46)/t23?,24?,27-,28+,31-/m0/s1. The van der Waals surface area contributed by atoms with Crippen molar-refractivity contribution in [3.8, 4) is 0 Å². The predicted molar refractivity (Wildman–Crippen MR) is 178 cm³/mol. The fraction of sp³-hybridized carbons (Fsp3) is 0.667. The summed E-state index contributed by atoms with van der Waals surface area (Å²) in [6, 6.07) is 5.22. The van der Waals surface area contributed by atoms with E-state index in [1.165, 1.54) is 17.1 Å². The molecule has 10 nitrogen and oxygen atoms in total. The quantitative estimate of drug-likeness (QED) is 0.257. The van der Waals surface area contributed by atoms with Gasteiger partial charge in [0.25, 0.3) is 0 Å². The number of aromatic carboxylic acids is 1. The Labute approximate surface area is 280 Å². The lowest BCUT2D eigenvalue weighted by Gasteiger charge is -2.37. The fourth-order valence-electron chi connectivity index (χ4n) is 8.27. The third-order valence-electron chi connectivity index (χ3n) is 10.5. The maximum absolute atomic E-state index is 14.1. The Morgan fingerprint density at radius 2 is 1.69 bits per heavy atom. The zero-order valence-electron chi connectivity index (χ0n) is 28.3. The van der Waals surface area contributed by atoms with E-state index in [2.05, 4.69) is 10.6 Å². The number of hydrogen-bond acceptors (Lipinski definition) is 5. The van der Waals surface area contributed by atoms with E-state index < -0.39 is 43.1 Å². The number of likely N-dealkylation sites (tertiary alicyclic amines) is 1. The van der Waals surface area contributed by atoms with Crippen molar-refractivity contribution in [2.24, 2.45) is 23.7 Å². The molecule has 3 aliphatic rings. The number of nitrogens with one attached hydrogen (secondary N) is 2. The highest BCUT2D eigenvalue weighted by Crippen LogP contribution is 2.41. The molecule has 0 radical (unpaired) electrons. The van der Waals surface area contributed by atoms with Gasteiger partial charge in [-0.05, 0) is 94.9 Å². The summed E-state index contributed by atoms with van der Waals surface area (Å²) >= 11 is 0. The Balaban J connectivity index is 1.30. The molecular formula is C36H50F2N4O6. The number of rotatable bonds is 10. The van der Waals surface area contributed by atoms with Crippen LogP contribution in [0.4, 0.5) is 19.3 Å². The second-order valence-corrected chi connectivity index (χ2v) is 14.8. The van der Waals surface area contributed by atoms with E-state index in [-0.39, 0.29) is 41.8 Å². The van der Waals surface area contributed by atoms with Crippen LogP contribution in [0.25, 0.3) is 10.9 Å². The van der Waals surface area contributed by atoms with Gasteiger partial charge in [-0.1, -0.05) is 32.1 Å². The van der Waals surface area contributed by atoms with Crippen LogP contribution >= 0.6 is 0 Å². The van der Waals surface area contributed by atoms with Gasteiger partial charge in [0.1, 0.15) is 30.7 Å². The number of alkyl halides is 2. The van der Waals surface area contributed by atoms with E-state index >= 15 is 0 Å². The summed E-state index contributed by atoms with van der Waals surface area (Å²) in [5.41, 5.74) is 0.331. The van der Waals surface area contributed by atoms with E-state index in [1.807, 2.05) is 0 Å².